The first kappa shape index (κ1) is 20.7. The highest BCUT2D eigenvalue weighted by Crippen LogP contribution is 2.26. The lowest BCUT2D eigenvalue weighted by Gasteiger charge is -2.35. The van der Waals surface area contributed by atoms with Crippen LogP contribution < -0.4 is 5.32 Å². The molecule has 0 aliphatic carbocycles. The molecule has 0 amide bonds. The molecule has 2 heterocycles. The second-order valence-corrected chi connectivity index (χ2v) is 9.65. The number of sulfone groups is 1. The molecule has 7 nitrogen and oxygen atoms in total. The SMILES string of the molecule is Cc1cccc(C(CNc2ncnc3ccc(S(C)(=O)=O)cc23)N2CCOCC2)c1. The highest BCUT2D eigenvalue weighted by Gasteiger charge is 2.23. The van der Waals surface area contributed by atoms with Crippen LogP contribution in [0.15, 0.2) is 53.7 Å². The van der Waals surface area contributed by atoms with E-state index in [2.05, 4.69) is 51.4 Å². The fourth-order valence-electron chi connectivity index (χ4n) is 3.82. The molecule has 1 fully saturated rings. The molecule has 0 radical (unpaired) electrons. The molecule has 1 atom stereocenters. The van der Waals surface area contributed by atoms with Crippen molar-refractivity contribution in [2.45, 2.75) is 17.9 Å². The molecule has 1 aliphatic rings. The van der Waals surface area contributed by atoms with E-state index in [1.165, 1.54) is 23.7 Å². The minimum Gasteiger partial charge on any atom is -0.379 e. The van der Waals surface area contributed by atoms with Gasteiger partial charge < -0.3 is 10.1 Å². The number of nitrogens with zero attached hydrogens (tertiary/aromatic N) is 3. The second kappa shape index (κ2) is 8.67. The van der Waals surface area contributed by atoms with Crippen LogP contribution in [0.25, 0.3) is 10.9 Å². The Morgan fingerprint density at radius 3 is 2.67 bits per heavy atom. The lowest BCUT2D eigenvalue weighted by atomic mass is 10.0. The van der Waals surface area contributed by atoms with E-state index in [4.69, 9.17) is 4.74 Å². The quantitative estimate of drug-likeness (QED) is 0.649. The summed E-state index contributed by atoms with van der Waals surface area (Å²) in [5.41, 5.74) is 3.16. The number of fused-ring (bicyclic) bond motifs is 1. The summed E-state index contributed by atoms with van der Waals surface area (Å²) >= 11 is 0. The van der Waals surface area contributed by atoms with Gasteiger partial charge in [-0.05, 0) is 30.7 Å². The predicted octanol–water partition coefficient (Wildman–Crippen LogP) is 2.83. The molecule has 0 spiro atoms. The Morgan fingerprint density at radius 2 is 1.93 bits per heavy atom. The van der Waals surface area contributed by atoms with Crippen LogP contribution in [-0.2, 0) is 14.6 Å². The molecular weight excluding hydrogens is 400 g/mol. The highest BCUT2D eigenvalue weighted by atomic mass is 32.2. The minimum atomic E-state index is -3.31. The first-order valence-corrected chi connectivity index (χ1v) is 11.9. The largest absolute Gasteiger partial charge is 0.379 e. The fraction of sp³-hybridized carbons (Fsp3) is 0.364. The van der Waals surface area contributed by atoms with Gasteiger partial charge in [-0.1, -0.05) is 29.8 Å². The zero-order chi connectivity index (χ0) is 21.1. The van der Waals surface area contributed by atoms with E-state index in [0.717, 1.165) is 26.3 Å². The van der Waals surface area contributed by atoms with Gasteiger partial charge >= 0.3 is 0 Å². The molecule has 8 heteroatoms. The van der Waals surface area contributed by atoms with E-state index in [0.29, 0.717) is 23.3 Å². The summed E-state index contributed by atoms with van der Waals surface area (Å²) in [6.07, 6.45) is 2.71. The van der Waals surface area contributed by atoms with Crippen LogP contribution in [0.1, 0.15) is 17.2 Å². The van der Waals surface area contributed by atoms with Gasteiger partial charge in [0.1, 0.15) is 12.1 Å². The maximum atomic E-state index is 12.0. The summed E-state index contributed by atoms with van der Waals surface area (Å²) in [5, 5.41) is 4.15. The summed E-state index contributed by atoms with van der Waals surface area (Å²) in [4.78, 5) is 11.4. The van der Waals surface area contributed by atoms with Gasteiger partial charge in [-0.3, -0.25) is 4.90 Å². The zero-order valence-electron chi connectivity index (χ0n) is 17.2. The predicted molar refractivity (Wildman–Crippen MR) is 117 cm³/mol. The van der Waals surface area contributed by atoms with Crippen molar-refractivity contribution in [2.24, 2.45) is 0 Å². The maximum Gasteiger partial charge on any atom is 0.175 e. The Morgan fingerprint density at radius 1 is 1.13 bits per heavy atom. The van der Waals surface area contributed by atoms with Crippen molar-refractivity contribution in [3.8, 4) is 0 Å². The molecule has 4 rings (SSSR count). The Kier molecular flexibility index (Phi) is 5.99. The van der Waals surface area contributed by atoms with E-state index in [1.807, 2.05) is 0 Å². The standard InChI is InChI=1S/C22H26N4O3S/c1-16-4-3-5-17(12-16)21(26-8-10-29-11-9-26)14-23-22-19-13-18(30(2,27)28)6-7-20(19)24-15-25-22/h3-7,12-13,15,21H,8-11,14H2,1-2H3,(H,23,24,25). The van der Waals surface area contributed by atoms with Gasteiger partial charge in [0.2, 0.25) is 0 Å². The number of nitrogens with one attached hydrogen (secondary N) is 1. The number of anilines is 1. The number of hydrogen-bond acceptors (Lipinski definition) is 7. The molecule has 0 bridgehead atoms. The van der Waals surface area contributed by atoms with E-state index >= 15 is 0 Å². The van der Waals surface area contributed by atoms with Crippen LogP contribution in [0.2, 0.25) is 0 Å². The smallest absolute Gasteiger partial charge is 0.175 e. The van der Waals surface area contributed by atoms with Crippen molar-refractivity contribution < 1.29 is 13.2 Å². The monoisotopic (exact) mass is 426 g/mol. The summed E-state index contributed by atoms with van der Waals surface area (Å²) in [7, 11) is -3.31. The van der Waals surface area contributed by atoms with E-state index < -0.39 is 9.84 Å². The van der Waals surface area contributed by atoms with Gasteiger partial charge in [0, 0.05) is 31.3 Å². The molecule has 1 aliphatic heterocycles. The van der Waals surface area contributed by atoms with E-state index in [-0.39, 0.29) is 10.9 Å². The molecule has 1 unspecified atom stereocenters. The Bertz CT molecular complexity index is 1140. The minimum absolute atomic E-state index is 0.150. The normalized spacial score (nSPS) is 16.5. The summed E-state index contributed by atoms with van der Waals surface area (Å²) in [5.74, 6) is 0.636. The van der Waals surface area contributed by atoms with Crippen LogP contribution in [0.3, 0.4) is 0 Å². The number of hydrogen-bond donors (Lipinski definition) is 1. The van der Waals surface area contributed by atoms with Crippen molar-refractivity contribution in [1.29, 1.82) is 0 Å². The van der Waals surface area contributed by atoms with Gasteiger partial charge in [-0.15, -0.1) is 0 Å². The molecule has 1 saturated heterocycles. The van der Waals surface area contributed by atoms with Gasteiger partial charge in [0.25, 0.3) is 0 Å². The molecular formula is C22H26N4O3S. The summed E-state index contributed by atoms with van der Waals surface area (Å²) in [6.45, 7) is 5.90. The average molecular weight is 427 g/mol. The molecule has 3 aromatic rings. The van der Waals surface area contributed by atoms with Crippen LogP contribution >= 0.6 is 0 Å². The third-order valence-corrected chi connectivity index (χ3v) is 6.52. The number of benzene rings is 2. The van der Waals surface area contributed by atoms with Crippen LogP contribution in [0, 0.1) is 6.92 Å². The Hall–Kier alpha value is -2.55. The average Bonchev–Trinajstić information content (AvgIpc) is 2.74. The molecule has 30 heavy (non-hydrogen) atoms. The highest BCUT2D eigenvalue weighted by molar-refractivity contribution is 7.90. The molecule has 2 aromatic carbocycles. The van der Waals surface area contributed by atoms with Gasteiger partial charge in [0.05, 0.1) is 29.7 Å². The van der Waals surface area contributed by atoms with Crippen LogP contribution in [0.4, 0.5) is 5.82 Å². The van der Waals surface area contributed by atoms with E-state index in [1.54, 1.807) is 18.2 Å². The molecule has 158 valence electrons. The third-order valence-electron chi connectivity index (χ3n) is 5.41. The number of morpholine rings is 1. The van der Waals surface area contributed by atoms with Gasteiger partial charge in [-0.2, -0.15) is 0 Å². The van der Waals surface area contributed by atoms with Crippen molar-refractivity contribution in [1.82, 2.24) is 14.9 Å². The maximum absolute atomic E-state index is 12.0. The molecule has 0 saturated carbocycles. The number of aromatic nitrogens is 2. The number of aryl methyl sites for hydroxylation is 1. The summed E-state index contributed by atoms with van der Waals surface area (Å²) in [6, 6.07) is 13.6. The van der Waals surface area contributed by atoms with Crippen molar-refractivity contribution in [3.05, 3.63) is 59.9 Å². The first-order chi connectivity index (χ1) is 14.4. The van der Waals surface area contributed by atoms with Crippen LogP contribution in [0.5, 0.6) is 0 Å². The van der Waals surface area contributed by atoms with Gasteiger partial charge in [0.15, 0.2) is 9.84 Å². The van der Waals surface area contributed by atoms with Crippen molar-refractivity contribution in [3.63, 3.8) is 0 Å². The Balaban J connectivity index is 1.65. The van der Waals surface area contributed by atoms with Crippen LogP contribution in [-0.4, -0.2) is 62.4 Å². The number of ether oxygens (including phenoxy) is 1. The summed E-state index contributed by atoms with van der Waals surface area (Å²) < 4.78 is 29.5. The van der Waals surface area contributed by atoms with Crippen molar-refractivity contribution in [2.75, 3.05) is 44.4 Å². The molecule has 1 aromatic heterocycles. The first-order valence-electron chi connectivity index (χ1n) is 9.99. The lowest BCUT2D eigenvalue weighted by molar-refractivity contribution is 0.0187. The Labute approximate surface area is 177 Å². The second-order valence-electron chi connectivity index (χ2n) is 7.63. The number of rotatable bonds is 6. The lowest BCUT2D eigenvalue weighted by Crippen LogP contribution is -2.41. The van der Waals surface area contributed by atoms with Crippen molar-refractivity contribution >= 4 is 26.6 Å². The van der Waals surface area contributed by atoms with E-state index in [9.17, 15) is 8.42 Å². The topological polar surface area (TPSA) is 84.4 Å². The molecule has 1 N–H and O–H groups in total. The fourth-order valence-corrected chi connectivity index (χ4v) is 4.47. The van der Waals surface area contributed by atoms with Gasteiger partial charge in [-0.25, -0.2) is 18.4 Å². The zero-order valence-corrected chi connectivity index (χ0v) is 18.0. The third kappa shape index (κ3) is 4.61.